The first-order valence-electron chi connectivity index (χ1n) is 5.60. The highest BCUT2D eigenvalue weighted by Crippen LogP contribution is 2.43. The number of ketones is 1. The first-order chi connectivity index (χ1) is 8.70. The van der Waals surface area contributed by atoms with Crippen LogP contribution in [-0.4, -0.2) is 18.4 Å². The zero-order valence-electron chi connectivity index (χ0n) is 9.47. The molecular formula is C12H11N3O3. The van der Waals surface area contributed by atoms with Gasteiger partial charge in [0.25, 0.3) is 0 Å². The SMILES string of the molecule is N=NC(=N)[C@H]1C[C@@H]1C(=O)c1ccc2c(c1)OCO2. The number of rotatable bonds is 3. The van der Waals surface area contributed by atoms with E-state index in [9.17, 15) is 4.79 Å². The van der Waals surface area contributed by atoms with E-state index in [0.29, 0.717) is 23.5 Å². The fourth-order valence-electron chi connectivity index (χ4n) is 2.13. The number of carbonyl (C=O) groups excluding carboxylic acids is 1. The first kappa shape index (κ1) is 10.9. The van der Waals surface area contributed by atoms with E-state index in [1.807, 2.05) is 0 Å². The van der Waals surface area contributed by atoms with Crippen molar-refractivity contribution in [3.8, 4) is 11.5 Å². The maximum Gasteiger partial charge on any atom is 0.231 e. The number of nitrogens with zero attached hydrogens (tertiary/aromatic N) is 1. The molecule has 2 atom stereocenters. The van der Waals surface area contributed by atoms with Crippen molar-refractivity contribution in [2.45, 2.75) is 6.42 Å². The van der Waals surface area contributed by atoms with Gasteiger partial charge in [-0.25, -0.2) is 5.53 Å². The first-order valence-corrected chi connectivity index (χ1v) is 5.60. The van der Waals surface area contributed by atoms with Crippen LogP contribution in [0.2, 0.25) is 0 Å². The number of benzene rings is 1. The summed E-state index contributed by atoms with van der Waals surface area (Å²) in [5.41, 5.74) is 7.33. The van der Waals surface area contributed by atoms with Crippen LogP contribution in [0.3, 0.4) is 0 Å². The summed E-state index contributed by atoms with van der Waals surface area (Å²) in [7, 11) is 0. The van der Waals surface area contributed by atoms with Crippen molar-refractivity contribution in [3.05, 3.63) is 23.8 Å². The third kappa shape index (κ3) is 1.66. The van der Waals surface area contributed by atoms with E-state index in [1.54, 1.807) is 18.2 Å². The minimum atomic E-state index is -0.216. The van der Waals surface area contributed by atoms with E-state index < -0.39 is 0 Å². The summed E-state index contributed by atoms with van der Waals surface area (Å²) in [6.45, 7) is 0.182. The van der Waals surface area contributed by atoms with Crippen molar-refractivity contribution < 1.29 is 14.3 Å². The lowest BCUT2D eigenvalue weighted by atomic mass is 10.1. The second-order valence-corrected chi connectivity index (χ2v) is 4.38. The van der Waals surface area contributed by atoms with Crippen LogP contribution in [0.5, 0.6) is 11.5 Å². The zero-order chi connectivity index (χ0) is 12.7. The molecule has 2 aliphatic rings. The number of nitrogens with one attached hydrogen (secondary N) is 2. The smallest absolute Gasteiger partial charge is 0.231 e. The van der Waals surface area contributed by atoms with Gasteiger partial charge in [-0.05, 0) is 24.6 Å². The summed E-state index contributed by atoms with van der Waals surface area (Å²) in [6.07, 6.45) is 0.606. The fraction of sp³-hybridized carbons (Fsp3) is 0.333. The summed E-state index contributed by atoms with van der Waals surface area (Å²) in [5.74, 6) is 0.777. The molecular weight excluding hydrogens is 234 g/mol. The molecule has 3 rings (SSSR count). The number of carbonyl (C=O) groups is 1. The maximum absolute atomic E-state index is 12.1. The Morgan fingerprint density at radius 2 is 2.06 bits per heavy atom. The Kier molecular flexibility index (Phi) is 2.36. The summed E-state index contributed by atoms with van der Waals surface area (Å²) in [5, 5.41) is 10.5. The van der Waals surface area contributed by atoms with Gasteiger partial charge < -0.3 is 9.47 Å². The van der Waals surface area contributed by atoms with Crippen molar-refractivity contribution in [3.63, 3.8) is 0 Å². The lowest BCUT2D eigenvalue weighted by molar-refractivity contribution is 0.0964. The van der Waals surface area contributed by atoms with Crippen LogP contribution in [-0.2, 0) is 0 Å². The largest absolute Gasteiger partial charge is 0.454 e. The minimum absolute atomic E-state index is 0.0194. The summed E-state index contributed by atoms with van der Waals surface area (Å²) in [6, 6.07) is 5.08. The number of Topliss-reactive ketones (excluding diaryl/α,β-unsaturated/α-hetero) is 1. The Bertz CT molecular complexity index is 555. The Labute approximate surface area is 103 Å². The van der Waals surface area contributed by atoms with Crippen molar-refractivity contribution >= 4 is 11.6 Å². The highest BCUT2D eigenvalue weighted by atomic mass is 16.7. The Morgan fingerprint density at radius 3 is 2.83 bits per heavy atom. The van der Waals surface area contributed by atoms with Crippen LogP contribution in [0.4, 0.5) is 0 Å². The molecule has 0 unspecified atom stereocenters. The van der Waals surface area contributed by atoms with E-state index in [0.717, 1.165) is 0 Å². The summed E-state index contributed by atoms with van der Waals surface area (Å²) in [4.78, 5) is 12.1. The Balaban J connectivity index is 1.78. The Hall–Kier alpha value is -2.24. The monoisotopic (exact) mass is 245 g/mol. The number of hydrogen-bond donors (Lipinski definition) is 2. The van der Waals surface area contributed by atoms with E-state index >= 15 is 0 Å². The lowest BCUT2D eigenvalue weighted by Crippen LogP contribution is -2.06. The van der Waals surface area contributed by atoms with Gasteiger partial charge >= 0.3 is 0 Å². The quantitative estimate of drug-likeness (QED) is 0.370. The molecule has 0 bridgehead atoms. The molecule has 6 heteroatoms. The van der Waals surface area contributed by atoms with Gasteiger partial charge in [-0.3, -0.25) is 10.2 Å². The molecule has 1 fully saturated rings. The van der Waals surface area contributed by atoms with Gasteiger partial charge in [-0.2, -0.15) is 0 Å². The molecule has 1 aromatic carbocycles. The van der Waals surface area contributed by atoms with E-state index in [-0.39, 0.29) is 30.2 Å². The Morgan fingerprint density at radius 1 is 1.28 bits per heavy atom. The average molecular weight is 245 g/mol. The van der Waals surface area contributed by atoms with E-state index in [4.69, 9.17) is 20.4 Å². The molecule has 2 N–H and O–H groups in total. The molecule has 18 heavy (non-hydrogen) atoms. The van der Waals surface area contributed by atoms with Crippen LogP contribution >= 0.6 is 0 Å². The van der Waals surface area contributed by atoms with Crippen molar-refractivity contribution in [2.75, 3.05) is 6.79 Å². The lowest BCUT2D eigenvalue weighted by Gasteiger charge is -2.01. The molecule has 0 aromatic heterocycles. The predicted molar refractivity (Wildman–Crippen MR) is 61.4 cm³/mol. The van der Waals surface area contributed by atoms with Crippen LogP contribution < -0.4 is 9.47 Å². The fourth-order valence-corrected chi connectivity index (χ4v) is 2.13. The minimum Gasteiger partial charge on any atom is -0.454 e. The van der Waals surface area contributed by atoms with Gasteiger partial charge in [0.2, 0.25) is 6.79 Å². The molecule has 0 spiro atoms. The molecule has 0 radical (unpaired) electrons. The molecule has 1 saturated carbocycles. The maximum atomic E-state index is 12.1. The zero-order valence-corrected chi connectivity index (χ0v) is 9.47. The third-order valence-corrected chi connectivity index (χ3v) is 3.26. The molecule has 1 aliphatic carbocycles. The molecule has 1 aromatic rings. The number of amidine groups is 1. The van der Waals surface area contributed by atoms with Crippen molar-refractivity contribution in [1.29, 1.82) is 10.9 Å². The molecule has 1 aliphatic heterocycles. The van der Waals surface area contributed by atoms with Gasteiger partial charge in [0.1, 0.15) is 5.84 Å². The summed E-state index contributed by atoms with van der Waals surface area (Å²) >= 11 is 0. The molecule has 0 amide bonds. The van der Waals surface area contributed by atoms with Gasteiger partial charge in [0.15, 0.2) is 17.3 Å². The standard InChI is InChI=1S/C12H11N3O3/c13-12(15-14)8-4-7(8)11(16)6-1-2-9-10(3-6)18-5-17-9/h1-3,7-8,13-14H,4-5H2/t7-,8-/m0/s1. The van der Waals surface area contributed by atoms with E-state index in [1.165, 1.54) is 0 Å². The van der Waals surface area contributed by atoms with Crippen LogP contribution in [0, 0.1) is 22.8 Å². The third-order valence-electron chi connectivity index (χ3n) is 3.26. The van der Waals surface area contributed by atoms with Gasteiger partial charge in [-0.1, -0.05) is 0 Å². The van der Waals surface area contributed by atoms with Gasteiger partial charge in [-0.15, -0.1) is 5.11 Å². The number of fused-ring (bicyclic) bond motifs is 1. The topological polar surface area (TPSA) is 95.6 Å². The van der Waals surface area contributed by atoms with Crippen molar-refractivity contribution in [2.24, 2.45) is 17.0 Å². The molecule has 92 valence electrons. The predicted octanol–water partition coefficient (Wildman–Crippen LogP) is 2.24. The summed E-state index contributed by atoms with van der Waals surface area (Å²) < 4.78 is 10.4. The molecule has 6 nitrogen and oxygen atoms in total. The van der Waals surface area contributed by atoms with Crippen LogP contribution in [0.25, 0.3) is 0 Å². The van der Waals surface area contributed by atoms with Crippen molar-refractivity contribution in [1.82, 2.24) is 0 Å². The van der Waals surface area contributed by atoms with Gasteiger partial charge in [0, 0.05) is 17.4 Å². The highest BCUT2D eigenvalue weighted by Gasteiger charge is 2.46. The number of hydrogen-bond acceptors (Lipinski definition) is 5. The van der Waals surface area contributed by atoms with Gasteiger partial charge in [0.05, 0.1) is 0 Å². The number of ether oxygens (including phenoxy) is 2. The van der Waals surface area contributed by atoms with Crippen LogP contribution in [0.1, 0.15) is 16.8 Å². The van der Waals surface area contributed by atoms with Crippen LogP contribution in [0.15, 0.2) is 23.3 Å². The molecule has 1 heterocycles. The second-order valence-electron chi connectivity index (χ2n) is 4.38. The normalized spacial score (nSPS) is 23.6. The van der Waals surface area contributed by atoms with E-state index in [2.05, 4.69) is 5.11 Å². The average Bonchev–Trinajstić information content (AvgIpc) is 3.06. The highest BCUT2D eigenvalue weighted by molar-refractivity contribution is 6.04. The second kappa shape index (κ2) is 3.90. The molecule has 0 saturated heterocycles.